The molecule has 0 unspecified atom stereocenters. The van der Waals surface area contributed by atoms with Crippen molar-refractivity contribution in [2.24, 2.45) is 7.05 Å². The Hall–Kier alpha value is -2.86. The molecule has 0 bridgehead atoms. The highest BCUT2D eigenvalue weighted by Crippen LogP contribution is 2.20. The van der Waals surface area contributed by atoms with Crippen LogP contribution in [0.15, 0.2) is 47.4 Å². The van der Waals surface area contributed by atoms with E-state index < -0.39 is 0 Å². The van der Waals surface area contributed by atoms with Gasteiger partial charge < -0.3 is 20.3 Å². The summed E-state index contributed by atoms with van der Waals surface area (Å²) in [4.78, 5) is 16.1. The van der Waals surface area contributed by atoms with Crippen LogP contribution >= 0.6 is 0 Å². The van der Waals surface area contributed by atoms with Crippen LogP contribution in [0.25, 0.3) is 10.9 Å². The van der Waals surface area contributed by atoms with E-state index in [4.69, 9.17) is 0 Å². The summed E-state index contributed by atoms with van der Waals surface area (Å²) in [5.41, 5.74) is 3.33. The van der Waals surface area contributed by atoms with Crippen molar-refractivity contribution in [3.63, 3.8) is 0 Å². The molecule has 0 aliphatic heterocycles. The van der Waals surface area contributed by atoms with E-state index in [2.05, 4.69) is 21.7 Å². The van der Waals surface area contributed by atoms with Crippen LogP contribution in [-0.2, 0) is 13.6 Å². The van der Waals surface area contributed by atoms with Gasteiger partial charge in [-0.05, 0) is 38.4 Å². The summed E-state index contributed by atoms with van der Waals surface area (Å²) in [5, 5.41) is 18.0. The molecule has 0 aliphatic carbocycles. The van der Waals surface area contributed by atoms with Gasteiger partial charge in [-0.15, -0.1) is 0 Å². The maximum atomic E-state index is 11.7. The van der Waals surface area contributed by atoms with Gasteiger partial charge in [-0.3, -0.25) is 9.78 Å². The average molecular weight is 395 g/mol. The third kappa shape index (κ3) is 5.35. The molecule has 6 nitrogen and oxygen atoms in total. The van der Waals surface area contributed by atoms with E-state index in [-0.39, 0.29) is 11.2 Å². The van der Waals surface area contributed by atoms with Crippen LogP contribution in [0.5, 0.6) is 5.75 Å². The van der Waals surface area contributed by atoms with Gasteiger partial charge >= 0.3 is 0 Å². The van der Waals surface area contributed by atoms with E-state index in [1.54, 1.807) is 0 Å². The fraction of sp³-hybridized carbons (Fsp3) is 0.391. The highest BCUT2D eigenvalue weighted by atomic mass is 16.3. The molecule has 3 N–H and O–H groups in total. The van der Waals surface area contributed by atoms with Crippen LogP contribution in [-0.4, -0.2) is 27.7 Å². The summed E-state index contributed by atoms with van der Waals surface area (Å²) in [6.45, 7) is 4.17. The number of hydrogen-bond acceptors (Lipinski definition) is 5. The van der Waals surface area contributed by atoms with Gasteiger partial charge in [-0.1, -0.05) is 31.0 Å². The first-order valence-corrected chi connectivity index (χ1v) is 10.2. The first-order chi connectivity index (χ1) is 14.1. The molecule has 0 saturated heterocycles. The van der Waals surface area contributed by atoms with Gasteiger partial charge in [-0.2, -0.15) is 0 Å². The molecule has 3 rings (SSSR count). The molecule has 1 aromatic carbocycles. The molecule has 29 heavy (non-hydrogen) atoms. The molecule has 0 fully saturated rings. The van der Waals surface area contributed by atoms with Crippen molar-refractivity contribution in [3.05, 3.63) is 64.2 Å². The van der Waals surface area contributed by atoms with Crippen molar-refractivity contribution in [3.8, 4) is 5.75 Å². The Morgan fingerprint density at radius 1 is 1.07 bits per heavy atom. The van der Waals surface area contributed by atoms with E-state index in [9.17, 15) is 9.90 Å². The molecule has 2 heterocycles. The molecule has 154 valence electrons. The lowest BCUT2D eigenvalue weighted by molar-refractivity contribution is 0.445. The van der Waals surface area contributed by atoms with Crippen molar-refractivity contribution in [2.45, 2.75) is 39.2 Å². The number of nitrogens with zero attached hydrogens (tertiary/aromatic N) is 2. The molecule has 0 aliphatic rings. The van der Waals surface area contributed by atoms with Gasteiger partial charge in [0.1, 0.15) is 0 Å². The molecule has 0 atom stereocenters. The third-order valence-electron chi connectivity index (χ3n) is 5.32. The number of hydrogen-bond donors (Lipinski definition) is 3. The molecular weight excluding hydrogens is 364 g/mol. The summed E-state index contributed by atoms with van der Waals surface area (Å²) in [7, 11) is 1.87. The summed E-state index contributed by atoms with van der Waals surface area (Å²) in [5.74, 6) is -0.152. The minimum atomic E-state index is -0.313. The number of fused-ring (bicyclic) bond motifs is 1. The van der Waals surface area contributed by atoms with Crippen LogP contribution in [0, 0.1) is 6.92 Å². The molecule has 0 spiro atoms. The second-order valence-corrected chi connectivity index (χ2v) is 7.40. The number of aromatic nitrogens is 2. The Morgan fingerprint density at radius 3 is 2.66 bits per heavy atom. The summed E-state index contributed by atoms with van der Waals surface area (Å²) < 4.78 is 1.86. The maximum Gasteiger partial charge on any atom is 0.223 e. The zero-order valence-corrected chi connectivity index (χ0v) is 17.2. The van der Waals surface area contributed by atoms with E-state index in [1.165, 1.54) is 6.07 Å². The van der Waals surface area contributed by atoms with E-state index in [1.807, 2.05) is 49.0 Å². The predicted molar refractivity (Wildman–Crippen MR) is 118 cm³/mol. The van der Waals surface area contributed by atoms with Gasteiger partial charge in [0.25, 0.3) is 0 Å². The summed E-state index contributed by atoms with van der Waals surface area (Å²) in [6, 6.07) is 11.7. The number of anilines is 1. The fourth-order valence-corrected chi connectivity index (χ4v) is 3.48. The minimum Gasteiger partial charge on any atom is -0.503 e. The lowest BCUT2D eigenvalue weighted by Crippen LogP contribution is -2.21. The van der Waals surface area contributed by atoms with Crippen LogP contribution in [0.4, 0.5) is 5.69 Å². The summed E-state index contributed by atoms with van der Waals surface area (Å²) in [6.07, 6.45) is 6.33. The van der Waals surface area contributed by atoms with E-state index >= 15 is 0 Å². The van der Waals surface area contributed by atoms with Crippen molar-refractivity contribution in [1.82, 2.24) is 14.9 Å². The van der Waals surface area contributed by atoms with E-state index in [0.29, 0.717) is 12.2 Å². The Labute approximate surface area is 171 Å². The molecule has 2 aromatic heterocycles. The standard InChI is InChI=1S/C23H30N4O2/c1-17-15-22(28)23(29)21(27(17)2)16-24-12-7-3-4-8-13-25-20-11-14-26-19-10-6-5-9-18(19)20/h5-6,9-11,14-15,24,29H,3-4,7-8,12-13,16H2,1-2H3,(H,25,26). The number of para-hydroxylation sites is 1. The monoisotopic (exact) mass is 394 g/mol. The number of benzene rings is 1. The summed E-state index contributed by atoms with van der Waals surface area (Å²) >= 11 is 0. The first-order valence-electron chi connectivity index (χ1n) is 10.2. The lowest BCUT2D eigenvalue weighted by Gasteiger charge is -2.14. The zero-order chi connectivity index (χ0) is 20.6. The lowest BCUT2D eigenvalue weighted by atomic mass is 10.1. The third-order valence-corrected chi connectivity index (χ3v) is 5.32. The van der Waals surface area contributed by atoms with Crippen LogP contribution in [0.3, 0.4) is 0 Å². The van der Waals surface area contributed by atoms with Crippen LogP contribution in [0.2, 0.25) is 0 Å². The Bertz CT molecular complexity index is 1010. The molecular formula is C23H30N4O2. The maximum absolute atomic E-state index is 11.7. The number of nitrogens with one attached hydrogen (secondary N) is 2. The fourth-order valence-electron chi connectivity index (χ4n) is 3.48. The van der Waals surface area contributed by atoms with Crippen LogP contribution < -0.4 is 16.1 Å². The Morgan fingerprint density at radius 2 is 1.83 bits per heavy atom. The largest absolute Gasteiger partial charge is 0.503 e. The molecule has 0 radical (unpaired) electrons. The van der Waals surface area contributed by atoms with Crippen LogP contribution in [0.1, 0.15) is 37.1 Å². The highest BCUT2D eigenvalue weighted by Gasteiger charge is 2.09. The van der Waals surface area contributed by atoms with Gasteiger partial charge in [0.15, 0.2) is 5.75 Å². The van der Waals surface area contributed by atoms with Crippen molar-refractivity contribution in [1.29, 1.82) is 0 Å². The zero-order valence-electron chi connectivity index (χ0n) is 17.2. The Balaban J connectivity index is 1.33. The first kappa shape index (κ1) is 20.9. The predicted octanol–water partition coefficient (Wildman–Crippen LogP) is 3.71. The van der Waals surface area contributed by atoms with Gasteiger partial charge in [0.2, 0.25) is 5.43 Å². The quantitative estimate of drug-likeness (QED) is 0.457. The number of rotatable bonds is 10. The number of unbranched alkanes of at least 4 members (excludes halogenated alkanes) is 3. The Kier molecular flexibility index (Phi) is 7.25. The minimum absolute atomic E-state index is 0.152. The van der Waals surface area contributed by atoms with Gasteiger partial charge in [0.05, 0.1) is 11.2 Å². The van der Waals surface area contributed by atoms with Crippen molar-refractivity contribution in [2.75, 3.05) is 18.4 Å². The van der Waals surface area contributed by atoms with Crippen molar-refractivity contribution >= 4 is 16.6 Å². The SMILES string of the molecule is Cc1cc(=O)c(O)c(CNCCCCCCNc2ccnc3ccccc23)n1C. The molecule has 3 aromatic rings. The molecule has 0 saturated carbocycles. The highest BCUT2D eigenvalue weighted by molar-refractivity contribution is 5.90. The average Bonchev–Trinajstić information content (AvgIpc) is 2.73. The van der Waals surface area contributed by atoms with Crippen molar-refractivity contribution < 1.29 is 5.11 Å². The second kappa shape index (κ2) is 10.1. The normalized spacial score (nSPS) is 11.1. The molecule has 6 heteroatoms. The number of aromatic hydroxyl groups is 1. The van der Waals surface area contributed by atoms with Gasteiger partial charge in [0, 0.05) is 49.2 Å². The topological polar surface area (TPSA) is 79.2 Å². The van der Waals surface area contributed by atoms with Gasteiger partial charge in [-0.25, -0.2) is 0 Å². The smallest absolute Gasteiger partial charge is 0.223 e. The molecule has 0 amide bonds. The van der Waals surface area contributed by atoms with E-state index in [0.717, 1.165) is 61.1 Å². The number of pyridine rings is 2. The number of aryl methyl sites for hydroxylation is 1. The second-order valence-electron chi connectivity index (χ2n) is 7.40.